The van der Waals surface area contributed by atoms with E-state index in [4.69, 9.17) is 11.6 Å². The molecule has 1 aliphatic heterocycles. The van der Waals surface area contributed by atoms with Crippen molar-refractivity contribution >= 4 is 29.1 Å². The second-order valence-electron chi connectivity index (χ2n) is 7.03. The zero-order valence-corrected chi connectivity index (χ0v) is 14.9. The number of rotatable bonds is 2. The highest BCUT2D eigenvalue weighted by Gasteiger charge is 2.51. The quantitative estimate of drug-likeness (QED) is 0.732. The number of fused-ring (bicyclic) bond motifs is 1. The van der Waals surface area contributed by atoms with Gasteiger partial charge in [-0.15, -0.1) is 0 Å². The van der Waals surface area contributed by atoms with Gasteiger partial charge in [0.1, 0.15) is 0 Å². The highest BCUT2D eigenvalue weighted by molar-refractivity contribution is 6.32. The SMILES string of the molecule is Cc1c(Cl)cccc1N1C(=O)C2CCC(c3ccccc3)CC2C1=O. The maximum atomic E-state index is 13.1. The molecule has 3 unspecified atom stereocenters. The molecule has 1 heterocycles. The van der Waals surface area contributed by atoms with Gasteiger partial charge in [-0.1, -0.05) is 48.0 Å². The average molecular weight is 354 g/mol. The molecule has 1 aliphatic carbocycles. The molecule has 2 amide bonds. The summed E-state index contributed by atoms with van der Waals surface area (Å²) in [4.78, 5) is 27.4. The van der Waals surface area contributed by atoms with Gasteiger partial charge in [0.05, 0.1) is 17.5 Å². The fourth-order valence-corrected chi connectivity index (χ4v) is 4.45. The first-order valence-electron chi connectivity index (χ1n) is 8.76. The maximum absolute atomic E-state index is 13.1. The van der Waals surface area contributed by atoms with Crippen LogP contribution in [0.15, 0.2) is 48.5 Å². The van der Waals surface area contributed by atoms with Crippen LogP contribution in [0.3, 0.4) is 0 Å². The van der Waals surface area contributed by atoms with Gasteiger partial charge in [0.15, 0.2) is 0 Å². The number of nitrogens with zero attached hydrogens (tertiary/aromatic N) is 1. The van der Waals surface area contributed by atoms with Crippen molar-refractivity contribution < 1.29 is 9.59 Å². The van der Waals surface area contributed by atoms with E-state index in [-0.39, 0.29) is 23.7 Å². The van der Waals surface area contributed by atoms with E-state index in [1.807, 2.05) is 31.2 Å². The Labute approximate surface area is 152 Å². The van der Waals surface area contributed by atoms with Crippen molar-refractivity contribution in [2.75, 3.05) is 4.90 Å². The normalized spacial score (nSPS) is 26.0. The largest absolute Gasteiger partial charge is 0.274 e. The molecule has 0 radical (unpaired) electrons. The molecule has 4 rings (SSSR count). The molecule has 2 aliphatic rings. The van der Waals surface area contributed by atoms with E-state index in [0.29, 0.717) is 16.6 Å². The summed E-state index contributed by atoms with van der Waals surface area (Å²) in [6, 6.07) is 15.7. The summed E-state index contributed by atoms with van der Waals surface area (Å²) >= 11 is 6.19. The number of carbonyl (C=O) groups excluding carboxylic acids is 2. The van der Waals surface area contributed by atoms with Crippen LogP contribution < -0.4 is 4.90 Å². The lowest BCUT2D eigenvalue weighted by atomic mass is 9.73. The molecule has 2 fully saturated rings. The van der Waals surface area contributed by atoms with Crippen molar-refractivity contribution in [1.82, 2.24) is 0 Å². The topological polar surface area (TPSA) is 37.4 Å². The van der Waals surface area contributed by atoms with Crippen molar-refractivity contribution in [1.29, 1.82) is 0 Å². The van der Waals surface area contributed by atoms with Crippen molar-refractivity contribution in [3.8, 4) is 0 Å². The molecule has 3 atom stereocenters. The summed E-state index contributed by atoms with van der Waals surface area (Å²) in [6.45, 7) is 1.85. The first-order chi connectivity index (χ1) is 12.1. The van der Waals surface area contributed by atoms with E-state index in [0.717, 1.165) is 24.8 Å². The van der Waals surface area contributed by atoms with Crippen LogP contribution in [0.2, 0.25) is 5.02 Å². The minimum absolute atomic E-state index is 0.0631. The van der Waals surface area contributed by atoms with Crippen LogP contribution in [-0.4, -0.2) is 11.8 Å². The number of amides is 2. The molecule has 2 aromatic carbocycles. The smallest absolute Gasteiger partial charge is 0.237 e. The highest BCUT2D eigenvalue weighted by Crippen LogP contribution is 2.46. The summed E-state index contributed by atoms with van der Waals surface area (Å²) in [6.07, 6.45) is 2.47. The maximum Gasteiger partial charge on any atom is 0.237 e. The molecule has 1 saturated carbocycles. The molecule has 0 aromatic heterocycles. The highest BCUT2D eigenvalue weighted by atomic mass is 35.5. The monoisotopic (exact) mass is 353 g/mol. The summed E-state index contributed by atoms with van der Waals surface area (Å²) in [5, 5.41) is 0.579. The van der Waals surface area contributed by atoms with Gasteiger partial charge >= 0.3 is 0 Å². The van der Waals surface area contributed by atoms with Crippen LogP contribution in [0.25, 0.3) is 0 Å². The van der Waals surface area contributed by atoms with E-state index in [9.17, 15) is 9.59 Å². The number of carbonyl (C=O) groups is 2. The molecule has 2 aromatic rings. The molecule has 0 spiro atoms. The summed E-state index contributed by atoms with van der Waals surface area (Å²) in [5.41, 5.74) is 2.68. The predicted molar refractivity (Wildman–Crippen MR) is 98.7 cm³/mol. The fourth-order valence-electron chi connectivity index (χ4n) is 4.28. The van der Waals surface area contributed by atoms with Crippen molar-refractivity contribution in [2.24, 2.45) is 11.8 Å². The van der Waals surface area contributed by atoms with Crippen LogP contribution in [0.1, 0.15) is 36.3 Å². The van der Waals surface area contributed by atoms with Gasteiger partial charge in [0.2, 0.25) is 11.8 Å². The summed E-state index contributed by atoms with van der Waals surface area (Å²) in [7, 11) is 0. The number of halogens is 1. The predicted octanol–water partition coefficient (Wildman–Crippen LogP) is 4.72. The lowest BCUT2D eigenvalue weighted by Crippen LogP contribution is -2.31. The Morgan fingerprint density at radius 3 is 2.40 bits per heavy atom. The van der Waals surface area contributed by atoms with Crippen molar-refractivity contribution in [3.05, 3.63) is 64.7 Å². The Morgan fingerprint density at radius 1 is 0.920 bits per heavy atom. The third-order valence-corrected chi connectivity index (χ3v) is 6.09. The standard InChI is InChI=1S/C21H20ClNO2/c1-13-18(22)8-5-9-19(13)23-20(24)16-11-10-15(12-17(16)21(23)25)14-6-3-2-4-7-14/h2-9,15-17H,10-12H2,1H3. The van der Waals surface area contributed by atoms with Gasteiger partial charge in [-0.05, 0) is 55.4 Å². The van der Waals surface area contributed by atoms with E-state index < -0.39 is 0 Å². The zero-order valence-electron chi connectivity index (χ0n) is 14.1. The first kappa shape index (κ1) is 16.3. The van der Waals surface area contributed by atoms with Crippen LogP contribution in [0, 0.1) is 18.8 Å². The Bertz CT molecular complexity index is 833. The fraction of sp³-hybridized carbons (Fsp3) is 0.333. The molecule has 0 bridgehead atoms. The summed E-state index contributed by atoms with van der Waals surface area (Å²) < 4.78 is 0. The second kappa shape index (κ2) is 6.30. The second-order valence-corrected chi connectivity index (χ2v) is 7.44. The third kappa shape index (κ3) is 2.67. The van der Waals surface area contributed by atoms with Gasteiger partial charge in [0, 0.05) is 5.02 Å². The van der Waals surface area contributed by atoms with Crippen LogP contribution >= 0.6 is 11.6 Å². The molecule has 3 nitrogen and oxygen atoms in total. The third-order valence-electron chi connectivity index (χ3n) is 5.68. The van der Waals surface area contributed by atoms with E-state index in [1.54, 1.807) is 12.1 Å². The Morgan fingerprint density at radius 2 is 1.64 bits per heavy atom. The van der Waals surface area contributed by atoms with Crippen molar-refractivity contribution in [2.45, 2.75) is 32.1 Å². The lowest BCUT2D eigenvalue weighted by molar-refractivity contribution is -0.122. The van der Waals surface area contributed by atoms with Crippen LogP contribution in [-0.2, 0) is 9.59 Å². The Hall–Kier alpha value is -2.13. The van der Waals surface area contributed by atoms with Gasteiger partial charge in [-0.3, -0.25) is 9.59 Å². The van der Waals surface area contributed by atoms with E-state index in [2.05, 4.69) is 12.1 Å². The summed E-state index contributed by atoms with van der Waals surface area (Å²) in [5.74, 6) is -0.192. The molecular formula is C21H20ClNO2. The van der Waals surface area contributed by atoms with Crippen LogP contribution in [0.4, 0.5) is 5.69 Å². The molecule has 25 heavy (non-hydrogen) atoms. The zero-order chi connectivity index (χ0) is 17.6. The first-order valence-corrected chi connectivity index (χ1v) is 9.13. The molecule has 0 N–H and O–H groups in total. The number of hydrogen-bond acceptors (Lipinski definition) is 2. The minimum Gasteiger partial charge on any atom is -0.274 e. The number of hydrogen-bond donors (Lipinski definition) is 0. The van der Waals surface area contributed by atoms with Crippen LogP contribution in [0.5, 0.6) is 0 Å². The molecule has 128 valence electrons. The average Bonchev–Trinajstić information content (AvgIpc) is 2.89. The van der Waals surface area contributed by atoms with Gasteiger partial charge < -0.3 is 0 Å². The number of imide groups is 1. The van der Waals surface area contributed by atoms with E-state index in [1.165, 1.54) is 10.5 Å². The molecule has 1 saturated heterocycles. The minimum atomic E-state index is -0.218. The van der Waals surface area contributed by atoms with E-state index >= 15 is 0 Å². The van der Waals surface area contributed by atoms with Gasteiger partial charge in [0.25, 0.3) is 0 Å². The lowest BCUT2D eigenvalue weighted by Gasteiger charge is -2.28. The Balaban J connectivity index is 1.64. The molecule has 4 heteroatoms. The van der Waals surface area contributed by atoms with Crippen molar-refractivity contribution in [3.63, 3.8) is 0 Å². The number of anilines is 1. The molecular weight excluding hydrogens is 334 g/mol. The van der Waals surface area contributed by atoms with Gasteiger partial charge in [-0.25, -0.2) is 4.90 Å². The Kier molecular flexibility index (Phi) is 4.12. The number of benzene rings is 2. The van der Waals surface area contributed by atoms with Gasteiger partial charge in [-0.2, -0.15) is 0 Å².